The number of carbonyl (C=O) groups is 1. The molecule has 23 heavy (non-hydrogen) atoms. The second-order valence-electron chi connectivity index (χ2n) is 5.31. The predicted octanol–water partition coefficient (Wildman–Crippen LogP) is 4.82. The first-order chi connectivity index (χ1) is 11.0. The van der Waals surface area contributed by atoms with E-state index < -0.39 is 5.82 Å². The van der Waals surface area contributed by atoms with Gasteiger partial charge in [-0.15, -0.1) is 11.3 Å². The van der Waals surface area contributed by atoms with Gasteiger partial charge in [-0.25, -0.2) is 9.37 Å². The van der Waals surface area contributed by atoms with Crippen LogP contribution in [0, 0.1) is 19.7 Å². The zero-order valence-electron chi connectivity index (χ0n) is 12.8. The lowest BCUT2D eigenvalue weighted by molar-refractivity contribution is 0.102. The largest absolute Gasteiger partial charge is 0.319 e. The van der Waals surface area contributed by atoms with Crippen molar-refractivity contribution in [3.05, 3.63) is 70.5 Å². The third kappa shape index (κ3) is 3.46. The van der Waals surface area contributed by atoms with Crippen LogP contribution in [0.5, 0.6) is 0 Å². The summed E-state index contributed by atoms with van der Waals surface area (Å²) in [5, 5.41) is 5.50. The number of aromatic nitrogens is 1. The fraction of sp³-hybridized carbons (Fsp3) is 0.111. The fourth-order valence-electron chi connectivity index (χ4n) is 2.18. The zero-order chi connectivity index (χ0) is 16.4. The highest BCUT2D eigenvalue weighted by Crippen LogP contribution is 2.24. The van der Waals surface area contributed by atoms with Crippen LogP contribution in [-0.2, 0) is 0 Å². The second kappa shape index (κ2) is 6.30. The Morgan fingerprint density at radius 2 is 1.87 bits per heavy atom. The number of benzene rings is 2. The standard InChI is InChI=1S/C18H15FN2OS/c1-11-3-8-15(19)16(9-11)21-17(22)13-4-6-14(7-5-13)18-20-12(2)10-23-18/h3-10H,1-2H3,(H,21,22). The second-order valence-corrected chi connectivity index (χ2v) is 6.17. The predicted molar refractivity (Wildman–Crippen MR) is 91.4 cm³/mol. The molecular weight excluding hydrogens is 311 g/mol. The van der Waals surface area contributed by atoms with Gasteiger partial charge in [0.1, 0.15) is 10.8 Å². The van der Waals surface area contributed by atoms with Crippen LogP contribution in [0.1, 0.15) is 21.6 Å². The number of halogens is 1. The monoisotopic (exact) mass is 326 g/mol. The molecule has 0 bridgehead atoms. The van der Waals surface area contributed by atoms with Crippen molar-refractivity contribution >= 4 is 22.9 Å². The smallest absolute Gasteiger partial charge is 0.255 e. The van der Waals surface area contributed by atoms with Gasteiger partial charge in [-0.2, -0.15) is 0 Å². The summed E-state index contributed by atoms with van der Waals surface area (Å²) in [6, 6.07) is 11.7. The van der Waals surface area contributed by atoms with Crippen LogP contribution in [0.2, 0.25) is 0 Å². The molecule has 0 aliphatic rings. The number of nitrogens with zero attached hydrogens (tertiary/aromatic N) is 1. The van der Waals surface area contributed by atoms with Crippen molar-refractivity contribution in [3.63, 3.8) is 0 Å². The molecule has 3 nitrogen and oxygen atoms in total. The van der Waals surface area contributed by atoms with E-state index in [1.165, 1.54) is 6.07 Å². The molecule has 0 atom stereocenters. The maximum atomic E-state index is 13.7. The van der Waals surface area contributed by atoms with Crippen LogP contribution in [0.3, 0.4) is 0 Å². The number of anilines is 1. The minimum absolute atomic E-state index is 0.189. The van der Waals surface area contributed by atoms with Gasteiger partial charge >= 0.3 is 0 Å². The number of nitrogens with one attached hydrogen (secondary N) is 1. The lowest BCUT2D eigenvalue weighted by atomic mass is 10.1. The molecule has 0 unspecified atom stereocenters. The van der Waals surface area contributed by atoms with Crippen molar-refractivity contribution in [1.82, 2.24) is 4.98 Å². The number of aryl methyl sites for hydroxylation is 2. The van der Waals surface area contributed by atoms with Gasteiger partial charge in [0, 0.05) is 22.2 Å². The minimum Gasteiger partial charge on any atom is -0.319 e. The Kier molecular flexibility index (Phi) is 4.21. The van der Waals surface area contributed by atoms with Gasteiger partial charge < -0.3 is 5.32 Å². The summed E-state index contributed by atoms with van der Waals surface area (Å²) >= 11 is 1.56. The van der Waals surface area contributed by atoms with Crippen molar-refractivity contribution in [2.45, 2.75) is 13.8 Å². The van der Waals surface area contributed by atoms with E-state index >= 15 is 0 Å². The maximum Gasteiger partial charge on any atom is 0.255 e. The molecule has 0 aliphatic carbocycles. The van der Waals surface area contributed by atoms with Crippen molar-refractivity contribution in [2.24, 2.45) is 0 Å². The first-order valence-electron chi connectivity index (χ1n) is 7.13. The Morgan fingerprint density at radius 1 is 1.13 bits per heavy atom. The molecule has 1 aromatic heterocycles. The maximum absolute atomic E-state index is 13.7. The van der Waals surface area contributed by atoms with Crippen molar-refractivity contribution in [1.29, 1.82) is 0 Å². The molecule has 0 fully saturated rings. The quantitative estimate of drug-likeness (QED) is 0.750. The molecule has 116 valence electrons. The van der Waals surface area contributed by atoms with Gasteiger partial charge in [0.15, 0.2) is 0 Å². The van der Waals surface area contributed by atoms with Gasteiger partial charge in [-0.3, -0.25) is 4.79 Å². The normalized spacial score (nSPS) is 10.6. The first kappa shape index (κ1) is 15.4. The molecule has 3 rings (SSSR count). The number of rotatable bonds is 3. The molecule has 0 radical (unpaired) electrons. The first-order valence-corrected chi connectivity index (χ1v) is 8.01. The molecule has 0 saturated carbocycles. The highest BCUT2D eigenvalue weighted by molar-refractivity contribution is 7.13. The van der Waals surface area contributed by atoms with Crippen LogP contribution in [0.15, 0.2) is 47.8 Å². The lowest BCUT2D eigenvalue weighted by Gasteiger charge is -2.08. The number of hydrogen-bond donors (Lipinski definition) is 1. The summed E-state index contributed by atoms with van der Waals surface area (Å²) in [6.07, 6.45) is 0. The summed E-state index contributed by atoms with van der Waals surface area (Å²) in [5.41, 5.74) is 3.48. The molecule has 1 heterocycles. The Labute approximate surface area is 137 Å². The van der Waals surface area contributed by atoms with Gasteiger partial charge in [0.05, 0.1) is 5.69 Å². The van der Waals surface area contributed by atoms with Gasteiger partial charge in [-0.05, 0) is 43.7 Å². The number of thiazole rings is 1. The average molecular weight is 326 g/mol. The Balaban J connectivity index is 1.79. The van der Waals surface area contributed by atoms with E-state index in [-0.39, 0.29) is 11.6 Å². The van der Waals surface area contributed by atoms with E-state index in [0.717, 1.165) is 21.8 Å². The zero-order valence-corrected chi connectivity index (χ0v) is 13.6. The summed E-state index contributed by atoms with van der Waals surface area (Å²) in [4.78, 5) is 16.7. The fourth-order valence-corrected chi connectivity index (χ4v) is 2.98. The minimum atomic E-state index is -0.446. The van der Waals surface area contributed by atoms with Crippen molar-refractivity contribution in [2.75, 3.05) is 5.32 Å². The van der Waals surface area contributed by atoms with Crippen molar-refractivity contribution < 1.29 is 9.18 Å². The third-order valence-electron chi connectivity index (χ3n) is 3.38. The van der Waals surface area contributed by atoms with Crippen LogP contribution in [0.4, 0.5) is 10.1 Å². The highest BCUT2D eigenvalue weighted by atomic mass is 32.1. The molecule has 0 aliphatic heterocycles. The summed E-state index contributed by atoms with van der Waals surface area (Å²) < 4.78 is 13.7. The Morgan fingerprint density at radius 3 is 2.52 bits per heavy atom. The van der Waals surface area contributed by atoms with E-state index in [4.69, 9.17) is 0 Å². The molecule has 3 aromatic rings. The molecule has 5 heteroatoms. The Hall–Kier alpha value is -2.53. The summed E-state index contributed by atoms with van der Waals surface area (Å²) in [7, 11) is 0. The van der Waals surface area contributed by atoms with E-state index in [0.29, 0.717) is 5.56 Å². The number of hydrogen-bond acceptors (Lipinski definition) is 3. The van der Waals surface area contributed by atoms with Crippen molar-refractivity contribution in [3.8, 4) is 10.6 Å². The SMILES string of the molecule is Cc1ccc(F)c(NC(=O)c2ccc(-c3nc(C)cs3)cc2)c1. The van der Waals surface area contributed by atoms with Crippen LogP contribution in [-0.4, -0.2) is 10.9 Å². The lowest BCUT2D eigenvalue weighted by Crippen LogP contribution is -2.13. The number of amides is 1. The summed E-state index contributed by atoms with van der Waals surface area (Å²) in [6.45, 7) is 3.79. The van der Waals surface area contributed by atoms with Crippen LogP contribution in [0.25, 0.3) is 10.6 Å². The van der Waals surface area contributed by atoms with Crippen LogP contribution >= 0.6 is 11.3 Å². The third-order valence-corrected chi connectivity index (χ3v) is 4.39. The highest BCUT2D eigenvalue weighted by Gasteiger charge is 2.10. The van der Waals surface area contributed by atoms with E-state index in [2.05, 4.69) is 10.3 Å². The molecule has 1 amide bonds. The summed E-state index contributed by atoms with van der Waals surface area (Å²) in [5.74, 6) is -0.782. The van der Waals surface area contributed by atoms with E-state index in [1.54, 1.807) is 35.6 Å². The average Bonchev–Trinajstić information content (AvgIpc) is 2.97. The molecular formula is C18H15FN2OS. The van der Waals surface area contributed by atoms with Crippen LogP contribution < -0.4 is 5.32 Å². The molecule has 0 saturated heterocycles. The molecule has 0 spiro atoms. The van der Waals surface area contributed by atoms with Gasteiger partial charge in [0.25, 0.3) is 5.91 Å². The van der Waals surface area contributed by atoms with Gasteiger partial charge in [0.2, 0.25) is 0 Å². The van der Waals surface area contributed by atoms with Gasteiger partial charge in [-0.1, -0.05) is 18.2 Å². The number of carbonyl (C=O) groups excluding carboxylic acids is 1. The van der Waals surface area contributed by atoms with E-state index in [1.807, 2.05) is 31.4 Å². The molecule has 2 aromatic carbocycles. The Bertz CT molecular complexity index is 856. The van der Waals surface area contributed by atoms with E-state index in [9.17, 15) is 9.18 Å². The molecule has 1 N–H and O–H groups in total. The topological polar surface area (TPSA) is 42.0 Å².